The largest absolute Gasteiger partial charge is 0.480 e. The fourth-order valence-electron chi connectivity index (χ4n) is 6.52. The number of carbonyl (C=O) groups is 5. The molecule has 2 aromatic rings. The minimum absolute atomic E-state index is 0.0125. The molecule has 13 heteroatoms. The highest BCUT2D eigenvalue weighted by Gasteiger charge is 2.40. The number of H-pyrrole nitrogens is 1. The first-order valence-electron chi connectivity index (χ1n) is 17.6. The Morgan fingerprint density at radius 3 is 2.20 bits per heavy atom. The van der Waals surface area contributed by atoms with Crippen LogP contribution in [-0.2, 0) is 30.4 Å². The molecule has 0 unspecified atom stereocenters. The van der Waals surface area contributed by atoms with E-state index in [1.807, 2.05) is 38.1 Å². The quantitative estimate of drug-likeness (QED) is 0.124. The molecule has 3 rings (SSSR count). The van der Waals surface area contributed by atoms with Crippen molar-refractivity contribution in [3.63, 3.8) is 0 Å². The molecule has 0 saturated carbocycles. The van der Waals surface area contributed by atoms with Crippen LogP contribution in [0.25, 0.3) is 10.9 Å². The van der Waals surface area contributed by atoms with Crippen molar-refractivity contribution >= 4 is 40.5 Å². The van der Waals surface area contributed by atoms with Crippen LogP contribution in [0, 0.1) is 17.3 Å². The van der Waals surface area contributed by atoms with Gasteiger partial charge in [-0.05, 0) is 81.0 Å². The van der Waals surface area contributed by atoms with Crippen LogP contribution in [0.15, 0.2) is 30.5 Å². The number of amides is 4. The molecule has 1 aliphatic rings. The topological polar surface area (TPSA) is 213 Å². The second-order valence-corrected chi connectivity index (χ2v) is 14.7. The molecule has 13 nitrogen and oxygen atoms in total. The molecule has 49 heavy (non-hydrogen) atoms. The summed E-state index contributed by atoms with van der Waals surface area (Å²) in [5, 5.41) is 19.0. The summed E-state index contributed by atoms with van der Waals surface area (Å²) in [6.45, 7) is 10.4. The van der Waals surface area contributed by atoms with Gasteiger partial charge in [0.1, 0.15) is 24.2 Å². The van der Waals surface area contributed by atoms with Crippen LogP contribution >= 0.6 is 0 Å². The molecule has 1 aliphatic heterocycles. The van der Waals surface area contributed by atoms with Crippen LogP contribution in [0.3, 0.4) is 0 Å². The number of hydrogen-bond donors (Lipinski definition) is 7. The maximum Gasteiger partial charge on any atom is 0.326 e. The van der Waals surface area contributed by atoms with Gasteiger partial charge in [0.15, 0.2) is 0 Å². The molecule has 1 aromatic carbocycles. The van der Waals surface area contributed by atoms with Crippen LogP contribution in [0.1, 0.15) is 85.1 Å². The average molecular weight is 684 g/mol. The Labute approximate surface area is 289 Å². The number of nitrogens with one attached hydrogen (secondary N) is 4. The van der Waals surface area contributed by atoms with Gasteiger partial charge < -0.3 is 42.4 Å². The first-order chi connectivity index (χ1) is 23.2. The van der Waals surface area contributed by atoms with E-state index < -0.39 is 53.3 Å². The minimum atomic E-state index is -1.16. The van der Waals surface area contributed by atoms with Gasteiger partial charge in [-0.15, -0.1) is 0 Å². The van der Waals surface area contributed by atoms with Gasteiger partial charge in [0.25, 0.3) is 0 Å². The van der Waals surface area contributed by atoms with Crippen molar-refractivity contribution in [2.24, 2.45) is 28.7 Å². The minimum Gasteiger partial charge on any atom is -0.480 e. The zero-order valence-electron chi connectivity index (χ0n) is 29.7. The summed E-state index contributed by atoms with van der Waals surface area (Å²) < 4.78 is 0. The smallest absolute Gasteiger partial charge is 0.326 e. The lowest BCUT2D eigenvalue weighted by Crippen LogP contribution is -2.61. The number of nitrogens with two attached hydrogens (primary N) is 2. The summed E-state index contributed by atoms with van der Waals surface area (Å²) in [6, 6.07) is 3.53. The van der Waals surface area contributed by atoms with Gasteiger partial charge in [-0.25, -0.2) is 4.79 Å². The van der Waals surface area contributed by atoms with E-state index in [1.54, 1.807) is 31.9 Å². The molecule has 0 spiro atoms. The van der Waals surface area contributed by atoms with Crippen molar-refractivity contribution in [1.82, 2.24) is 25.8 Å². The summed E-state index contributed by atoms with van der Waals surface area (Å²) in [5.74, 6) is -3.20. The number of aromatic amines is 1. The lowest BCUT2D eigenvalue weighted by atomic mass is 9.85. The van der Waals surface area contributed by atoms with Gasteiger partial charge >= 0.3 is 5.97 Å². The third-order valence-electron chi connectivity index (χ3n) is 9.17. The van der Waals surface area contributed by atoms with Crippen LogP contribution in [0.5, 0.6) is 0 Å². The van der Waals surface area contributed by atoms with Crippen molar-refractivity contribution < 1.29 is 29.1 Å². The van der Waals surface area contributed by atoms with Crippen molar-refractivity contribution in [2.75, 3.05) is 19.6 Å². The van der Waals surface area contributed by atoms with Crippen molar-refractivity contribution in [1.29, 1.82) is 0 Å². The number of carbonyl (C=O) groups excluding carboxylic acids is 4. The summed E-state index contributed by atoms with van der Waals surface area (Å²) in [5.41, 5.74) is 12.3. The van der Waals surface area contributed by atoms with Gasteiger partial charge in [0, 0.05) is 36.0 Å². The SMILES string of the molecule is CC(C)C[C@H](NC(=O)[C@@H](NC(=O)[C@H](Cc1c[nH]c2ccccc12)NC(=O)[C@H]1CCCN1C(=O)C(CCCN)CCCN)C(C)(C)C)C(=O)O. The number of aliphatic carboxylic acids is 1. The molecule has 2 heterocycles. The predicted octanol–water partition coefficient (Wildman–Crippen LogP) is 2.43. The zero-order chi connectivity index (χ0) is 36.3. The van der Waals surface area contributed by atoms with E-state index in [9.17, 15) is 29.1 Å². The third-order valence-corrected chi connectivity index (χ3v) is 9.17. The average Bonchev–Trinajstić information content (AvgIpc) is 3.69. The number of fused-ring (bicyclic) bond motifs is 1. The molecule has 0 radical (unpaired) electrons. The number of carboxylic acid groups (broad SMARTS) is 1. The van der Waals surface area contributed by atoms with Crippen molar-refractivity contribution in [3.05, 3.63) is 36.0 Å². The van der Waals surface area contributed by atoms with Crippen LogP contribution in [-0.4, -0.2) is 88.4 Å². The van der Waals surface area contributed by atoms with E-state index >= 15 is 0 Å². The van der Waals surface area contributed by atoms with Gasteiger partial charge in [-0.1, -0.05) is 52.8 Å². The van der Waals surface area contributed by atoms with E-state index in [4.69, 9.17) is 11.5 Å². The molecule has 0 bridgehead atoms. The Hall–Kier alpha value is -3.97. The van der Waals surface area contributed by atoms with Crippen LogP contribution in [0.4, 0.5) is 0 Å². The van der Waals surface area contributed by atoms with Gasteiger partial charge in [-0.3, -0.25) is 19.2 Å². The van der Waals surface area contributed by atoms with Crippen LogP contribution < -0.4 is 27.4 Å². The number of likely N-dealkylation sites (tertiary alicyclic amines) is 1. The zero-order valence-corrected chi connectivity index (χ0v) is 29.7. The molecular formula is C36H57N7O6. The molecule has 0 aliphatic carbocycles. The maximum atomic E-state index is 14.1. The maximum absolute atomic E-state index is 14.1. The number of nitrogens with zero attached hydrogens (tertiary/aromatic N) is 1. The number of para-hydroxylation sites is 1. The van der Waals surface area contributed by atoms with Crippen molar-refractivity contribution in [3.8, 4) is 0 Å². The number of aromatic nitrogens is 1. The van der Waals surface area contributed by atoms with Crippen LogP contribution in [0.2, 0.25) is 0 Å². The summed E-state index contributed by atoms with van der Waals surface area (Å²) in [6.07, 6.45) is 5.83. The Bertz CT molecular complexity index is 1430. The molecule has 1 fully saturated rings. The van der Waals surface area contributed by atoms with Gasteiger partial charge in [0.05, 0.1) is 0 Å². The molecular weight excluding hydrogens is 626 g/mol. The van der Waals surface area contributed by atoms with E-state index in [0.29, 0.717) is 58.2 Å². The molecule has 4 amide bonds. The highest BCUT2D eigenvalue weighted by atomic mass is 16.4. The Kier molecular flexibility index (Phi) is 14.6. The number of carboxylic acids is 1. The monoisotopic (exact) mass is 683 g/mol. The molecule has 1 saturated heterocycles. The highest BCUT2D eigenvalue weighted by molar-refractivity contribution is 5.96. The first-order valence-corrected chi connectivity index (χ1v) is 17.6. The van der Waals surface area contributed by atoms with E-state index in [2.05, 4.69) is 20.9 Å². The molecule has 4 atom stereocenters. The second kappa shape index (κ2) is 18.1. The number of hydrogen-bond acceptors (Lipinski definition) is 7. The van der Waals surface area contributed by atoms with E-state index in [1.165, 1.54) is 0 Å². The summed E-state index contributed by atoms with van der Waals surface area (Å²) >= 11 is 0. The van der Waals surface area contributed by atoms with E-state index in [-0.39, 0.29) is 30.6 Å². The third kappa shape index (κ3) is 11.0. The number of benzene rings is 1. The van der Waals surface area contributed by atoms with Gasteiger partial charge in [0.2, 0.25) is 23.6 Å². The fraction of sp³-hybridized carbons (Fsp3) is 0.639. The Morgan fingerprint density at radius 2 is 1.61 bits per heavy atom. The standard InChI is InChI=1S/C36H57N7O6/c1-22(2)19-28(35(48)49)41-33(46)30(36(3,4)5)42-31(44)27(20-24-21-39-26-14-7-6-13-25(24)26)40-32(45)29-15-10-18-43(29)34(47)23(11-8-16-37)12-9-17-38/h6-7,13-14,21-23,27-30,39H,8-12,15-20,37-38H2,1-5H3,(H,40,45)(H,41,46)(H,42,44)(H,48,49)/t27-,28-,29+,30+/m0/s1. The van der Waals surface area contributed by atoms with Gasteiger partial charge in [-0.2, -0.15) is 0 Å². The highest BCUT2D eigenvalue weighted by Crippen LogP contribution is 2.26. The lowest BCUT2D eigenvalue weighted by molar-refractivity contribution is -0.143. The fourth-order valence-corrected chi connectivity index (χ4v) is 6.52. The first kappa shape index (κ1) is 39.5. The lowest BCUT2D eigenvalue weighted by Gasteiger charge is -2.33. The molecule has 272 valence electrons. The van der Waals surface area contributed by atoms with Crippen molar-refractivity contribution in [2.45, 2.75) is 110 Å². The predicted molar refractivity (Wildman–Crippen MR) is 189 cm³/mol. The second-order valence-electron chi connectivity index (χ2n) is 14.7. The Morgan fingerprint density at radius 1 is 0.959 bits per heavy atom. The summed E-state index contributed by atoms with van der Waals surface area (Å²) in [4.78, 5) is 72.2. The Balaban J connectivity index is 1.89. The molecule has 1 aromatic heterocycles. The molecule has 9 N–H and O–H groups in total. The van der Waals surface area contributed by atoms with E-state index in [0.717, 1.165) is 16.5 Å². The normalized spacial score (nSPS) is 16.8. The summed E-state index contributed by atoms with van der Waals surface area (Å²) in [7, 11) is 0. The number of rotatable bonds is 18.